The molecule has 0 saturated heterocycles. The second-order valence-corrected chi connectivity index (χ2v) is 9.80. The van der Waals surface area contributed by atoms with Gasteiger partial charge in [0.05, 0.1) is 12.2 Å². The van der Waals surface area contributed by atoms with Crippen molar-refractivity contribution < 1.29 is 17.9 Å². The topological polar surface area (TPSA) is 60.4 Å². The summed E-state index contributed by atoms with van der Waals surface area (Å²) in [6, 6.07) is 21.4. The van der Waals surface area contributed by atoms with Gasteiger partial charge in [-0.2, -0.15) is 0 Å². The molecular formula is C21H17O4S2+. The minimum Gasteiger partial charge on any atom is -0.462 e. The fourth-order valence-electron chi connectivity index (χ4n) is 3.14. The molecule has 1 heterocycles. The quantitative estimate of drug-likeness (QED) is 0.386. The van der Waals surface area contributed by atoms with Crippen LogP contribution in [0.25, 0.3) is 0 Å². The summed E-state index contributed by atoms with van der Waals surface area (Å²) in [5, 5.41) is 0. The number of rotatable bonds is 3. The van der Waals surface area contributed by atoms with Crippen LogP contribution in [0.1, 0.15) is 17.3 Å². The van der Waals surface area contributed by atoms with Crippen LogP contribution in [0.3, 0.4) is 0 Å². The zero-order chi connectivity index (χ0) is 19.0. The fourth-order valence-corrected chi connectivity index (χ4v) is 7.89. The predicted octanol–water partition coefficient (Wildman–Crippen LogP) is 4.10. The zero-order valence-electron chi connectivity index (χ0n) is 14.6. The highest BCUT2D eigenvalue weighted by atomic mass is 32.2. The molecule has 0 aliphatic carbocycles. The molecule has 4 nitrogen and oxygen atoms in total. The average molecular weight is 397 g/mol. The molecule has 0 aromatic heterocycles. The number of carbonyl (C=O) groups excluding carboxylic acids is 1. The smallest absolute Gasteiger partial charge is 0.338 e. The molecule has 0 amide bonds. The summed E-state index contributed by atoms with van der Waals surface area (Å²) in [6.45, 7) is 2.07. The van der Waals surface area contributed by atoms with Crippen molar-refractivity contribution in [1.29, 1.82) is 0 Å². The van der Waals surface area contributed by atoms with Crippen molar-refractivity contribution in [3.05, 3.63) is 78.4 Å². The van der Waals surface area contributed by atoms with Crippen LogP contribution in [0, 0.1) is 0 Å². The highest BCUT2D eigenvalue weighted by molar-refractivity contribution is 8.00. The summed E-state index contributed by atoms with van der Waals surface area (Å²) in [6.07, 6.45) is 0. The summed E-state index contributed by atoms with van der Waals surface area (Å²) >= 11 is 0. The van der Waals surface area contributed by atoms with E-state index in [9.17, 15) is 13.2 Å². The maximum absolute atomic E-state index is 13.1. The Bertz CT molecular complexity index is 1080. The van der Waals surface area contributed by atoms with Gasteiger partial charge in [0.25, 0.3) is 0 Å². The second kappa shape index (κ2) is 6.87. The molecule has 0 N–H and O–H groups in total. The number of sulfone groups is 1. The van der Waals surface area contributed by atoms with Crippen LogP contribution < -0.4 is 0 Å². The number of carbonyl (C=O) groups is 1. The van der Waals surface area contributed by atoms with Gasteiger partial charge < -0.3 is 4.74 Å². The van der Waals surface area contributed by atoms with Gasteiger partial charge in [-0.3, -0.25) is 0 Å². The van der Waals surface area contributed by atoms with Crippen molar-refractivity contribution in [3.63, 3.8) is 0 Å². The molecule has 0 spiro atoms. The minimum absolute atomic E-state index is 0.304. The molecule has 27 heavy (non-hydrogen) atoms. The van der Waals surface area contributed by atoms with E-state index >= 15 is 0 Å². The second-order valence-electron chi connectivity index (χ2n) is 5.95. The van der Waals surface area contributed by atoms with E-state index in [1.54, 1.807) is 43.3 Å². The summed E-state index contributed by atoms with van der Waals surface area (Å²) in [5.74, 6) is -0.380. The van der Waals surface area contributed by atoms with E-state index < -0.39 is 20.7 Å². The van der Waals surface area contributed by atoms with E-state index in [4.69, 9.17) is 4.74 Å². The van der Waals surface area contributed by atoms with Gasteiger partial charge in [-0.25, -0.2) is 13.2 Å². The summed E-state index contributed by atoms with van der Waals surface area (Å²) in [7, 11) is -4.18. The highest BCUT2D eigenvalue weighted by Gasteiger charge is 2.44. The Morgan fingerprint density at radius 3 is 2.07 bits per heavy atom. The monoisotopic (exact) mass is 397 g/mol. The molecule has 6 heteroatoms. The van der Waals surface area contributed by atoms with Crippen LogP contribution in [0.5, 0.6) is 0 Å². The van der Waals surface area contributed by atoms with Crippen LogP contribution in [-0.4, -0.2) is 21.0 Å². The largest absolute Gasteiger partial charge is 0.462 e. The van der Waals surface area contributed by atoms with Gasteiger partial charge in [0.1, 0.15) is 20.7 Å². The standard InChI is InChI=1S/C21H17O4S2/c1-2-25-21(22)15-8-7-9-16(14-15)26-17-10-3-5-12-19(17)27(23,24)20-13-6-4-11-18(20)26/h3-14H,2H2,1H3/q+1. The van der Waals surface area contributed by atoms with E-state index in [-0.39, 0.29) is 5.97 Å². The van der Waals surface area contributed by atoms with E-state index in [2.05, 4.69) is 0 Å². The first-order chi connectivity index (χ1) is 13.0. The molecule has 4 rings (SSSR count). The van der Waals surface area contributed by atoms with Crippen molar-refractivity contribution in [2.24, 2.45) is 0 Å². The maximum Gasteiger partial charge on any atom is 0.338 e. The first-order valence-electron chi connectivity index (χ1n) is 8.48. The van der Waals surface area contributed by atoms with Crippen LogP contribution in [0.15, 0.2) is 97.3 Å². The predicted molar refractivity (Wildman–Crippen MR) is 103 cm³/mol. The van der Waals surface area contributed by atoms with Crippen LogP contribution in [0.2, 0.25) is 0 Å². The Hall–Kier alpha value is -2.57. The van der Waals surface area contributed by atoms with Crippen molar-refractivity contribution in [2.45, 2.75) is 31.4 Å². The molecule has 0 saturated carbocycles. The molecule has 0 fully saturated rings. The van der Waals surface area contributed by atoms with Gasteiger partial charge >= 0.3 is 5.97 Å². The molecule has 0 radical (unpaired) electrons. The molecular weight excluding hydrogens is 380 g/mol. The van der Waals surface area contributed by atoms with Crippen molar-refractivity contribution in [1.82, 2.24) is 0 Å². The van der Waals surface area contributed by atoms with Crippen molar-refractivity contribution in [3.8, 4) is 0 Å². The van der Waals surface area contributed by atoms with Gasteiger partial charge in [0, 0.05) is 6.07 Å². The lowest BCUT2D eigenvalue weighted by Crippen LogP contribution is -2.20. The zero-order valence-corrected chi connectivity index (χ0v) is 16.2. The van der Waals surface area contributed by atoms with E-state index in [1.807, 2.05) is 36.4 Å². The van der Waals surface area contributed by atoms with Crippen LogP contribution in [-0.2, 0) is 25.5 Å². The Morgan fingerprint density at radius 2 is 1.48 bits per heavy atom. The van der Waals surface area contributed by atoms with Gasteiger partial charge in [0.2, 0.25) is 9.84 Å². The molecule has 1 aliphatic heterocycles. The average Bonchev–Trinajstić information content (AvgIpc) is 2.69. The molecule has 1 aliphatic rings. The Labute approximate surface area is 161 Å². The van der Waals surface area contributed by atoms with Gasteiger partial charge in [-0.1, -0.05) is 30.3 Å². The number of ether oxygens (including phenoxy) is 1. The maximum atomic E-state index is 13.1. The molecule has 3 aromatic rings. The van der Waals surface area contributed by atoms with E-state index in [1.165, 1.54) is 0 Å². The van der Waals surface area contributed by atoms with Crippen molar-refractivity contribution >= 4 is 26.7 Å². The Morgan fingerprint density at radius 1 is 0.889 bits per heavy atom. The number of hydrogen-bond acceptors (Lipinski definition) is 4. The molecule has 0 bridgehead atoms. The van der Waals surface area contributed by atoms with Gasteiger partial charge in [-0.15, -0.1) is 0 Å². The molecule has 136 valence electrons. The summed E-state index contributed by atoms with van der Waals surface area (Å²) in [4.78, 5) is 15.2. The van der Waals surface area contributed by atoms with E-state index in [0.717, 1.165) is 14.7 Å². The molecule has 3 aromatic carbocycles. The SMILES string of the molecule is CCOC(=O)c1cccc([S+]2c3ccccc3S(=O)(=O)c3ccccc32)c1. The lowest BCUT2D eigenvalue weighted by molar-refractivity contribution is 0.0526. The number of benzene rings is 3. The Kier molecular flexibility index (Phi) is 4.53. The molecule has 0 unspecified atom stereocenters. The van der Waals surface area contributed by atoms with Crippen LogP contribution in [0.4, 0.5) is 0 Å². The fraction of sp³-hybridized carbons (Fsp3) is 0.0952. The van der Waals surface area contributed by atoms with E-state index in [0.29, 0.717) is 22.0 Å². The third kappa shape index (κ3) is 2.95. The highest BCUT2D eigenvalue weighted by Crippen LogP contribution is 2.44. The van der Waals surface area contributed by atoms with Gasteiger partial charge in [-0.05, 0) is 43.3 Å². The number of esters is 1. The number of fused-ring (bicyclic) bond motifs is 2. The minimum atomic E-state index is -3.56. The summed E-state index contributed by atoms with van der Waals surface area (Å²) in [5.41, 5.74) is 0.463. The van der Waals surface area contributed by atoms with Crippen molar-refractivity contribution in [2.75, 3.05) is 6.61 Å². The normalized spacial score (nSPS) is 14.9. The van der Waals surface area contributed by atoms with Gasteiger partial charge in [0.15, 0.2) is 14.7 Å². The first-order valence-corrected chi connectivity index (χ1v) is 11.2. The number of hydrogen-bond donors (Lipinski definition) is 0. The first kappa shape index (κ1) is 17.8. The lowest BCUT2D eigenvalue weighted by Gasteiger charge is -2.19. The third-order valence-corrected chi connectivity index (χ3v) is 8.74. The Balaban J connectivity index is 1.95. The third-order valence-electron chi connectivity index (χ3n) is 4.30. The van der Waals surface area contributed by atoms with Crippen LogP contribution >= 0.6 is 0 Å². The molecule has 0 atom stereocenters. The lowest BCUT2D eigenvalue weighted by atomic mass is 10.2. The summed E-state index contributed by atoms with van der Waals surface area (Å²) < 4.78 is 31.2.